The van der Waals surface area contributed by atoms with Crippen LogP contribution in [0.15, 0.2) is 41.0 Å². The van der Waals surface area contributed by atoms with Crippen LogP contribution in [-0.2, 0) is 21.7 Å². The Morgan fingerprint density at radius 3 is 2.66 bits per heavy atom. The Bertz CT molecular complexity index is 979. The fraction of sp³-hybridized carbons (Fsp3) is 0.222. The van der Waals surface area contributed by atoms with Crippen LogP contribution in [-0.4, -0.2) is 35.3 Å². The molecular formula is C18H16Cl2N4O5. The van der Waals surface area contributed by atoms with Crippen molar-refractivity contribution >= 4 is 47.1 Å². The van der Waals surface area contributed by atoms with Gasteiger partial charge in [0.1, 0.15) is 17.8 Å². The minimum absolute atomic E-state index is 0.0718. The SMILES string of the molecule is CC1(c2ccc(Cl)cc2Cl)NC(=O)N(CC(=O)NC(=O)NCc2ccco2)C1=O. The minimum atomic E-state index is -1.47. The number of halogens is 2. The number of imide groups is 2. The minimum Gasteiger partial charge on any atom is -0.467 e. The molecule has 1 aromatic heterocycles. The van der Waals surface area contributed by atoms with Gasteiger partial charge >= 0.3 is 12.1 Å². The molecule has 3 rings (SSSR count). The lowest BCUT2D eigenvalue weighted by Gasteiger charge is -2.23. The van der Waals surface area contributed by atoms with E-state index in [1.54, 1.807) is 12.1 Å². The highest BCUT2D eigenvalue weighted by Gasteiger charge is 2.50. The van der Waals surface area contributed by atoms with E-state index in [9.17, 15) is 19.2 Å². The van der Waals surface area contributed by atoms with Crippen molar-refractivity contribution in [3.63, 3.8) is 0 Å². The molecule has 1 unspecified atom stereocenters. The molecule has 1 atom stereocenters. The van der Waals surface area contributed by atoms with E-state index in [1.165, 1.54) is 31.4 Å². The van der Waals surface area contributed by atoms with Crippen molar-refractivity contribution in [1.82, 2.24) is 20.9 Å². The van der Waals surface area contributed by atoms with E-state index in [2.05, 4.69) is 10.6 Å². The van der Waals surface area contributed by atoms with Crippen LogP contribution in [0.5, 0.6) is 0 Å². The summed E-state index contributed by atoms with van der Waals surface area (Å²) in [6, 6.07) is 6.24. The zero-order valence-electron chi connectivity index (χ0n) is 15.1. The van der Waals surface area contributed by atoms with Crippen LogP contribution in [0.3, 0.4) is 0 Å². The Labute approximate surface area is 175 Å². The largest absolute Gasteiger partial charge is 0.467 e. The molecule has 1 fully saturated rings. The first-order chi connectivity index (χ1) is 13.7. The smallest absolute Gasteiger partial charge is 0.325 e. The molecule has 1 saturated heterocycles. The lowest BCUT2D eigenvalue weighted by Crippen LogP contribution is -2.46. The molecule has 6 amide bonds. The summed E-state index contributed by atoms with van der Waals surface area (Å²) in [6.07, 6.45) is 1.45. The van der Waals surface area contributed by atoms with Gasteiger partial charge in [0.15, 0.2) is 0 Å². The molecule has 1 aliphatic rings. The summed E-state index contributed by atoms with van der Waals surface area (Å²) >= 11 is 12.0. The third-order valence-electron chi connectivity index (χ3n) is 4.30. The molecule has 0 radical (unpaired) electrons. The zero-order valence-corrected chi connectivity index (χ0v) is 16.6. The number of nitrogens with one attached hydrogen (secondary N) is 3. The highest BCUT2D eigenvalue weighted by Crippen LogP contribution is 2.34. The molecule has 29 heavy (non-hydrogen) atoms. The number of amides is 6. The van der Waals surface area contributed by atoms with Crippen molar-refractivity contribution in [2.24, 2.45) is 0 Å². The first-order valence-electron chi connectivity index (χ1n) is 8.40. The number of furan rings is 1. The average molecular weight is 439 g/mol. The van der Waals surface area contributed by atoms with Gasteiger partial charge in [-0.15, -0.1) is 0 Å². The molecule has 9 nitrogen and oxygen atoms in total. The highest BCUT2D eigenvalue weighted by atomic mass is 35.5. The number of hydrogen-bond donors (Lipinski definition) is 3. The predicted molar refractivity (Wildman–Crippen MR) is 103 cm³/mol. The molecular weight excluding hydrogens is 423 g/mol. The van der Waals surface area contributed by atoms with Crippen LogP contribution in [0.4, 0.5) is 9.59 Å². The molecule has 0 spiro atoms. The molecule has 3 N–H and O–H groups in total. The van der Waals surface area contributed by atoms with Crippen LogP contribution in [0, 0.1) is 0 Å². The third kappa shape index (κ3) is 4.36. The number of urea groups is 2. The molecule has 2 aromatic rings. The number of hydrogen-bond acceptors (Lipinski definition) is 5. The second-order valence-electron chi connectivity index (χ2n) is 6.38. The van der Waals surface area contributed by atoms with Gasteiger partial charge in [-0.2, -0.15) is 0 Å². The van der Waals surface area contributed by atoms with E-state index in [-0.39, 0.29) is 11.6 Å². The summed E-state index contributed by atoms with van der Waals surface area (Å²) in [5, 5.41) is 7.56. The van der Waals surface area contributed by atoms with Gasteiger partial charge in [0.25, 0.3) is 5.91 Å². The number of benzene rings is 1. The summed E-state index contributed by atoms with van der Waals surface area (Å²) in [5.74, 6) is -1.02. The Morgan fingerprint density at radius 2 is 2.00 bits per heavy atom. The fourth-order valence-electron chi connectivity index (χ4n) is 2.85. The maximum atomic E-state index is 12.8. The lowest BCUT2D eigenvalue weighted by atomic mass is 9.92. The van der Waals surface area contributed by atoms with E-state index in [0.717, 1.165) is 0 Å². The Balaban J connectivity index is 1.63. The van der Waals surface area contributed by atoms with Gasteiger partial charge in [0.2, 0.25) is 5.91 Å². The third-order valence-corrected chi connectivity index (χ3v) is 4.85. The average Bonchev–Trinajstić information content (AvgIpc) is 3.23. The van der Waals surface area contributed by atoms with Crippen LogP contribution >= 0.6 is 23.2 Å². The highest BCUT2D eigenvalue weighted by molar-refractivity contribution is 6.35. The van der Waals surface area contributed by atoms with E-state index >= 15 is 0 Å². The number of carbonyl (C=O) groups excluding carboxylic acids is 4. The zero-order chi connectivity index (χ0) is 21.2. The summed E-state index contributed by atoms with van der Waals surface area (Å²) in [5.41, 5.74) is -1.14. The standard InChI is InChI=1S/C18H16Cl2N4O5/c1-18(12-5-4-10(19)7-13(12)20)15(26)24(17(28)23-18)9-14(25)22-16(27)21-8-11-3-2-6-29-11/h2-7H,8-9H2,1H3,(H,23,28)(H2,21,22,25,27). The molecule has 0 aliphatic carbocycles. The van der Waals surface area contributed by atoms with Gasteiger partial charge in [-0.05, 0) is 31.2 Å². The topological polar surface area (TPSA) is 121 Å². The number of rotatable bonds is 5. The predicted octanol–water partition coefficient (Wildman–Crippen LogP) is 2.38. The van der Waals surface area contributed by atoms with Crippen molar-refractivity contribution in [2.45, 2.75) is 19.0 Å². The van der Waals surface area contributed by atoms with Crippen molar-refractivity contribution < 1.29 is 23.6 Å². The monoisotopic (exact) mass is 438 g/mol. The summed E-state index contributed by atoms with van der Waals surface area (Å²) < 4.78 is 5.05. The van der Waals surface area contributed by atoms with Crippen LogP contribution in [0.2, 0.25) is 10.0 Å². The quantitative estimate of drug-likeness (QED) is 0.618. The van der Waals surface area contributed by atoms with Crippen molar-refractivity contribution in [3.05, 3.63) is 58.0 Å². The summed E-state index contributed by atoms with van der Waals surface area (Å²) in [6.45, 7) is 0.901. The van der Waals surface area contributed by atoms with Crippen LogP contribution < -0.4 is 16.0 Å². The Kier molecular flexibility index (Phi) is 5.81. The molecule has 11 heteroatoms. The van der Waals surface area contributed by atoms with Gasteiger partial charge in [-0.3, -0.25) is 19.8 Å². The summed E-state index contributed by atoms with van der Waals surface area (Å²) in [7, 11) is 0. The number of nitrogens with zero attached hydrogens (tertiary/aromatic N) is 1. The second-order valence-corrected chi connectivity index (χ2v) is 7.22. The molecule has 152 valence electrons. The lowest BCUT2D eigenvalue weighted by molar-refractivity contribution is -0.134. The Hall–Kier alpha value is -3.04. The molecule has 1 aliphatic heterocycles. The van der Waals surface area contributed by atoms with Crippen molar-refractivity contribution in [3.8, 4) is 0 Å². The second kappa shape index (κ2) is 8.14. The summed E-state index contributed by atoms with van der Waals surface area (Å²) in [4.78, 5) is 49.7. The van der Waals surface area contributed by atoms with Crippen molar-refractivity contribution in [1.29, 1.82) is 0 Å². The van der Waals surface area contributed by atoms with Crippen molar-refractivity contribution in [2.75, 3.05) is 6.54 Å². The van der Waals surface area contributed by atoms with Gasteiger partial charge in [-0.1, -0.05) is 29.3 Å². The molecule has 0 bridgehead atoms. The molecule has 0 saturated carbocycles. The van der Waals surface area contributed by atoms with Crippen LogP contribution in [0.1, 0.15) is 18.2 Å². The fourth-order valence-corrected chi connectivity index (χ4v) is 3.45. The van der Waals surface area contributed by atoms with E-state index in [0.29, 0.717) is 21.2 Å². The van der Waals surface area contributed by atoms with E-state index in [4.69, 9.17) is 27.6 Å². The van der Waals surface area contributed by atoms with E-state index in [1.807, 2.05) is 5.32 Å². The van der Waals surface area contributed by atoms with Gasteiger partial charge in [-0.25, -0.2) is 9.59 Å². The maximum Gasteiger partial charge on any atom is 0.325 e. The van der Waals surface area contributed by atoms with E-state index < -0.39 is 36.0 Å². The van der Waals surface area contributed by atoms with Gasteiger partial charge < -0.3 is 15.1 Å². The Morgan fingerprint density at radius 1 is 1.24 bits per heavy atom. The first kappa shape index (κ1) is 20.7. The molecule has 1 aromatic carbocycles. The van der Waals surface area contributed by atoms with Crippen LogP contribution in [0.25, 0.3) is 0 Å². The number of carbonyl (C=O) groups is 4. The van der Waals surface area contributed by atoms with Gasteiger partial charge in [0.05, 0.1) is 12.8 Å². The van der Waals surface area contributed by atoms with Gasteiger partial charge in [0, 0.05) is 15.6 Å². The first-order valence-corrected chi connectivity index (χ1v) is 9.16. The molecule has 2 heterocycles. The maximum absolute atomic E-state index is 12.8. The normalized spacial score (nSPS) is 18.5.